The summed E-state index contributed by atoms with van der Waals surface area (Å²) >= 11 is 0. The Balaban J connectivity index is 1.86. The van der Waals surface area contributed by atoms with Crippen molar-refractivity contribution in [3.05, 3.63) is 29.8 Å². The van der Waals surface area contributed by atoms with E-state index in [0.717, 1.165) is 0 Å². The van der Waals surface area contributed by atoms with E-state index in [-0.39, 0.29) is 24.0 Å². The number of nitrogens with one attached hydrogen (secondary N) is 2. The minimum atomic E-state index is -0.536. The fraction of sp³-hybridized carbons (Fsp3) is 0.231. The highest BCUT2D eigenvalue weighted by Crippen LogP contribution is 2.11. The van der Waals surface area contributed by atoms with E-state index in [2.05, 4.69) is 21.1 Å². The van der Waals surface area contributed by atoms with Gasteiger partial charge in [0.1, 0.15) is 5.75 Å². The lowest BCUT2D eigenvalue weighted by Crippen LogP contribution is -2.29. The molecule has 1 aromatic rings. The van der Waals surface area contributed by atoms with E-state index in [9.17, 15) is 14.7 Å². The van der Waals surface area contributed by atoms with Crippen molar-refractivity contribution in [1.29, 1.82) is 0 Å². The molecule has 0 aliphatic carbocycles. The van der Waals surface area contributed by atoms with Gasteiger partial charge in [-0.25, -0.2) is 10.9 Å². The van der Waals surface area contributed by atoms with Gasteiger partial charge in [-0.3, -0.25) is 9.59 Å². The van der Waals surface area contributed by atoms with Crippen molar-refractivity contribution in [3.8, 4) is 5.75 Å². The van der Waals surface area contributed by atoms with Gasteiger partial charge in [-0.2, -0.15) is 10.2 Å². The third kappa shape index (κ3) is 3.41. The molecule has 104 valence electrons. The monoisotopic (exact) mass is 274 g/mol. The number of amides is 2. The van der Waals surface area contributed by atoms with Crippen molar-refractivity contribution in [2.24, 2.45) is 16.1 Å². The van der Waals surface area contributed by atoms with E-state index in [1.54, 1.807) is 19.1 Å². The number of hydrazone groups is 2. The quantitative estimate of drug-likeness (QED) is 0.545. The third-order valence-electron chi connectivity index (χ3n) is 2.83. The van der Waals surface area contributed by atoms with Crippen molar-refractivity contribution in [2.75, 3.05) is 0 Å². The molecule has 0 bridgehead atoms. The summed E-state index contributed by atoms with van der Waals surface area (Å²) in [5.74, 6) is -1.08. The number of hydrogen-bond acceptors (Lipinski definition) is 5. The molecule has 7 heteroatoms. The second kappa shape index (κ2) is 5.96. The molecule has 0 fully saturated rings. The van der Waals surface area contributed by atoms with E-state index in [1.807, 2.05) is 0 Å². The number of aromatic hydroxyl groups is 1. The normalized spacial score (nSPS) is 17.9. The molecule has 0 spiro atoms. The van der Waals surface area contributed by atoms with Crippen molar-refractivity contribution >= 4 is 23.7 Å². The minimum Gasteiger partial charge on any atom is -0.508 e. The molecular weight excluding hydrogens is 260 g/mol. The number of hydrogen-bond donors (Lipinski definition) is 3. The lowest BCUT2D eigenvalue weighted by Gasteiger charge is -2.05. The van der Waals surface area contributed by atoms with Gasteiger partial charge in [-0.1, -0.05) is 12.1 Å². The predicted octanol–water partition coefficient (Wildman–Crippen LogP) is 0.354. The standard InChI is InChI=1S/C13H14N4O3/c1-8-11(13(20)17-15-8)6-12(19)16-14-7-9-3-2-4-10(18)5-9/h2-5,7,11,18H,6H2,1H3,(H,16,19)(H,17,20)/b14-7-/t11-/m1/s1. The molecular formula is C13H14N4O3. The average molecular weight is 274 g/mol. The van der Waals surface area contributed by atoms with Gasteiger partial charge >= 0.3 is 0 Å². The maximum atomic E-state index is 11.6. The van der Waals surface area contributed by atoms with Gasteiger partial charge in [0.25, 0.3) is 0 Å². The predicted molar refractivity (Wildman–Crippen MR) is 73.2 cm³/mol. The van der Waals surface area contributed by atoms with Crippen LogP contribution in [0.4, 0.5) is 0 Å². The molecule has 20 heavy (non-hydrogen) atoms. The summed E-state index contributed by atoms with van der Waals surface area (Å²) in [6, 6.07) is 6.45. The molecule has 2 rings (SSSR count). The summed E-state index contributed by atoms with van der Waals surface area (Å²) in [6.45, 7) is 1.69. The number of carbonyl (C=O) groups is 2. The first-order chi connectivity index (χ1) is 9.56. The zero-order valence-corrected chi connectivity index (χ0v) is 10.8. The largest absolute Gasteiger partial charge is 0.508 e. The van der Waals surface area contributed by atoms with E-state index < -0.39 is 5.92 Å². The molecule has 1 aliphatic heterocycles. The van der Waals surface area contributed by atoms with Crippen LogP contribution in [0.3, 0.4) is 0 Å². The Bertz CT molecular complexity index is 595. The molecule has 1 aliphatic rings. The van der Waals surface area contributed by atoms with Crippen molar-refractivity contribution in [3.63, 3.8) is 0 Å². The van der Waals surface area contributed by atoms with Crippen LogP contribution in [-0.4, -0.2) is 28.8 Å². The fourth-order valence-corrected chi connectivity index (χ4v) is 1.74. The molecule has 0 radical (unpaired) electrons. The Morgan fingerprint density at radius 1 is 1.60 bits per heavy atom. The number of carbonyl (C=O) groups excluding carboxylic acids is 2. The van der Waals surface area contributed by atoms with Crippen LogP contribution in [0.25, 0.3) is 0 Å². The highest BCUT2D eigenvalue weighted by atomic mass is 16.3. The van der Waals surface area contributed by atoms with Crippen LogP contribution in [0.2, 0.25) is 0 Å². The first kappa shape index (κ1) is 13.7. The van der Waals surface area contributed by atoms with Crippen molar-refractivity contribution < 1.29 is 14.7 Å². The van der Waals surface area contributed by atoms with Gasteiger partial charge in [0.2, 0.25) is 11.8 Å². The number of rotatable bonds is 4. The highest BCUT2D eigenvalue weighted by Gasteiger charge is 2.28. The Morgan fingerprint density at radius 2 is 2.40 bits per heavy atom. The molecule has 1 atom stereocenters. The summed E-state index contributed by atoms with van der Waals surface area (Å²) in [5.41, 5.74) is 5.89. The van der Waals surface area contributed by atoms with E-state index in [4.69, 9.17) is 0 Å². The Morgan fingerprint density at radius 3 is 3.05 bits per heavy atom. The number of phenols is 1. The summed E-state index contributed by atoms with van der Waals surface area (Å²) in [5, 5.41) is 16.8. The van der Waals surface area contributed by atoms with Gasteiger partial charge in [-0.05, 0) is 24.6 Å². The second-order valence-corrected chi connectivity index (χ2v) is 4.37. The smallest absolute Gasteiger partial charge is 0.249 e. The molecule has 0 aromatic heterocycles. The summed E-state index contributed by atoms with van der Waals surface area (Å²) in [6.07, 6.45) is 1.41. The first-order valence-corrected chi connectivity index (χ1v) is 6.01. The SMILES string of the molecule is CC1=NNC(=O)[C@@H]1CC(=O)N/N=C\c1cccc(O)c1. The van der Waals surface area contributed by atoms with Crippen LogP contribution in [0, 0.1) is 5.92 Å². The zero-order chi connectivity index (χ0) is 14.5. The zero-order valence-electron chi connectivity index (χ0n) is 10.8. The third-order valence-corrected chi connectivity index (χ3v) is 2.83. The average Bonchev–Trinajstić information content (AvgIpc) is 2.71. The molecule has 1 aromatic carbocycles. The Hall–Kier alpha value is -2.70. The molecule has 0 unspecified atom stereocenters. The fourth-order valence-electron chi connectivity index (χ4n) is 1.74. The second-order valence-electron chi connectivity index (χ2n) is 4.37. The molecule has 1 heterocycles. The summed E-state index contributed by atoms with van der Waals surface area (Å²) in [7, 11) is 0. The van der Waals surface area contributed by atoms with Crippen LogP contribution in [0.15, 0.2) is 34.5 Å². The molecule has 0 saturated heterocycles. The van der Waals surface area contributed by atoms with Gasteiger partial charge < -0.3 is 5.11 Å². The van der Waals surface area contributed by atoms with Crippen LogP contribution >= 0.6 is 0 Å². The van der Waals surface area contributed by atoms with E-state index in [0.29, 0.717) is 11.3 Å². The topological polar surface area (TPSA) is 103 Å². The maximum Gasteiger partial charge on any atom is 0.249 e. The maximum absolute atomic E-state index is 11.6. The van der Waals surface area contributed by atoms with Crippen LogP contribution in [0.1, 0.15) is 18.9 Å². The lowest BCUT2D eigenvalue weighted by molar-refractivity contribution is -0.127. The lowest BCUT2D eigenvalue weighted by atomic mass is 10.0. The van der Waals surface area contributed by atoms with E-state index in [1.165, 1.54) is 18.3 Å². The summed E-state index contributed by atoms with van der Waals surface area (Å²) in [4.78, 5) is 23.0. The molecule has 0 saturated carbocycles. The van der Waals surface area contributed by atoms with Crippen LogP contribution in [0.5, 0.6) is 5.75 Å². The Labute approximate surface area is 115 Å². The Kier molecular flexibility index (Phi) is 4.09. The van der Waals surface area contributed by atoms with E-state index >= 15 is 0 Å². The van der Waals surface area contributed by atoms with Crippen LogP contribution in [-0.2, 0) is 9.59 Å². The van der Waals surface area contributed by atoms with Gasteiger partial charge in [0.05, 0.1) is 12.1 Å². The molecule has 2 amide bonds. The first-order valence-electron chi connectivity index (χ1n) is 6.01. The van der Waals surface area contributed by atoms with Gasteiger partial charge in [0.15, 0.2) is 0 Å². The highest BCUT2D eigenvalue weighted by molar-refractivity contribution is 6.09. The van der Waals surface area contributed by atoms with Crippen LogP contribution < -0.4 is 10.9 Å². The number of nitrogens with zero attached hydrogens (tertiary/aromatic N) is 2. The van der Waals surface area contributed by atoms with Crippen molar-refractivity contribution in [2.45, 2.75) is 13.3 Å². The van der Waals surface area contributed by atoms with Gasteiger partial charge in [0, 0.05) is 12.1 Å². The van der Waals surface area contributed by atoms with Gasteiger partial charge in [-0.15, -0.1) is 0 Å². The molecule has 7 nitrogen and oxygen atoms in total. The summed E-state index contributed by atoms with van der Waals surface area (Å²) < 4.78 is 0. The number of benzene rings is 1. The van der Waals surface area contributed by atoms with Crippen molar-refractivity contribution in [1.82, 2.24) is 10.9 Å². The minimum absolute atomic E-state index is 0.00144. The number of phenolic OH excluding ortho intramolecular Hbond substituents is 1. The molecule has 3 N–H and O–H groups in total.